The first-order chi connectivity index (χ1) is 17.7. The Morgan fingerprint density at radius 3 is 2.38 bits per heavy atom. The van der Waals surface area contributed by atoms with E-state index in [1.807, 2.05) is 47.6 Å². The lowest BCUT2D eigenvalue weighted by Gasteiger charge is -2.20. The Bertz CT molecular complexity index is 1360. The van der Waals surface area contributed by atoms with E-state index >= 15 is 0 Å². The predicted molar refractivity (Wildman–Crippen MR) is 138 cm³/mol. The van der Waals surface area contributed by atoms with Crippen LogP contribution in [0.5, 0.6) is 0 Å². The molecule has 37 heavy (non-hydrogen) atoms. The van der Waals surface area contributed by atoms with Crippen LogP contribution < -0.4 is 10.7 Å². The van der Waals surface area contributed by atoms with Gasteiger partial charge >= 0.3 is 0 Å². The molecule has 1 aromatic heterocycles. The lowest BCUT2D eigenvalue weighted by Crippen LogP contribution is -2.31. The highest BCUT2D eigenvalue weighted by Crippen LogP contribution is 2.27. The minimum atomic E-state index is -2.67. The van der Waals surface area contributed by atoms with Crippen molar-refractivity contribution in [2.24, 2.45) is 0 Å². The summed E-state index contributed by atoms with van der Waals surface area (Å²) in [5, 5.41) is 2.81. The Hall–Kier alpha value is -3.81. The van der Waals surface area contributed by atoms with Gasteiger partial charge in [-0.05, 0) is 49.9 Å². The summed E-state index contributed by atoms with van der Waals surface area (Å²) in [6.07, 6.45) is 0.357. The van der Waals surface area contributed by atoms with Crippen LogP contribution in [0.3, 0.4) is 0 Å². The van der Waals surface area contributed by atoms with E-state index in [4.69, 9.17) is 0 Å². The van der Waals surface area contributed by atoms with Crippen molar-refractivity contribution in [1.82, 2.24) is 14.8 Å². The van der Waals surface area contributed by atoms with E-state index in [1.165, 1.54) is 24.4 Å². The van der Waals surface area contributed by atoms with E-state index in [2.05, 4.69) is 5.32 Å². The third-order valence-electron chi connectivity index (χ3n) is 6.74. The van der Waals surface area contributed by atoms with Crippen LogP contribution in [0.25, 0.3) is 11.1 Å². The number of pyridine rings is 1. The minimum Gasteiger partial charge on any atom is -0.348 e. The van der Waals surface area contributed by atoms with Gasteiger partial charge in [0.2, 0.25) is 11.3 Å². The smallest absolute Gasteiger partial charge is 0.263 e. The van der Waals surface area contributed by atoms with Crippen molar-refractivity contribution in [2.45, 2.75) is 59.2 Å². The fraction of sp³-hybridized carbons (Fsp3) is 0.345. The number of carbonyl (C=O) groups is 2. The highest BCUT2D eigenvalue weighted by molar-refractivity contribution is 5.95. The number of halogens is 2. The normalized spacial score (nSPS) is 13.6. The zero-order chi connectivity index (χ0) is 26.7. The molecular formula is C29H31F2N3O3. The molecule has 0 radical (unpaired) electrons. The Morgan fingerprint density at radius 2 is 1.76 bits per heavy atom. The highest BCUT2D eigenvalue weighted by Gasteiger charge is 2.22. The van der Waals surface area contributed by atoms with Gasteiger partial charge < -0.3 is 14.8 Å². The van der Waals surface area contributed by atoms with Crippen molar-refractivity contribution < 1.29 is 18.4 Å². The number of aromatic nitrogens is 1. The van der Waals surface area contributed by atoms with E-state index in [0.717, 1.165) is 24.1 Å². The Labute approximate surface area is 214 Å². The zero-order valence-electron chi connectivity index (χ0n) is 21.3. The predicted octanol–water partition coefficient (Wildman–Crippen LogP) is 5.39. The van der Waals surface area contributed by atoms with Crippen molar-refractivity contribution >= 4 is 11.8 Å². The van der Waals surface area contributed by atoms with Crippen LogP contribution in [-0.4, -0.2) is 27.8 Å². The topological polar surface area (TPSA) is 71.4 Å². The fourth-order valence-corrected chi connectivity index (χ4v) is 4.72. The number of hydrogen-bond donors (Lipinski definition) is 1. The van der Waals surface area contributed by atoms with Crippen molar-refractivity contribution in [3.8, 4) is 11.1 Å². The Morgan fingerprint density at radius 1 is 1.05 bits per heavy atom. The average Bonchev–Trinajstić information content (AvgIpc) is 3.27. The molecule has 1 saturated heterocycles. The molecule has 0 bridgehead atoms. The third kappa shape index (κ3) is 5.79. The van der Waals surface area contributed by atoms with E-state index in [0.29, 0.717) is 24.2 Å². The van der Waals surface area contributed by atoms with Gasteiger partial charge in [0.25, 0.3) is 12.3 Å². The number of alkyl halides is 2. The molecule has 194 valence electrons. The molecule has 1 fully saturated rings. The number of nitrogens with one attached hydrogen (secondary N) is 1. The summed E-state index contributed by atoms with van der Waals surface area (Å²) in [5.74, 6) is -0.362. The standard InChI is InChI=1S/C29H31F2N3O3/c1-18(2)34-17-24(27(36)26(19(34)3)22-6-4-7-23(14-22)28(30)31)29(37)32-15-20-9-11-21(12-10-20)16-33-13-5-8-25(33)35/h4,6-7,9-12,14,17-18,28H,5,8,13,15-16H2,1-3H3,(H,32,37). The van der Waals surface area contributed by atoms with Gasteiger partial charge in [-0.1, -0.05) is 42.5 Å². The van der Waals surface area contributed by atoms with Crippen molar-refractivity contribution in [1.29, 1.82) is 0 Å². The summed E-state index contributed by atoms with van der Waals surface area (Å²) < 4.78 is 28.5. The van der Waals surface area contributed by atoms with Gasteiger partial charge in [0, 0.05) is 55.1 Å². The molecule has 4 rings (SSSR count). The summed E-state index contributed by atoms with van der Waals surface area (Å²) in [6.45, 7) is 7.16. The number of benzene rings is 2. The number of carbonyl (C=O) groups excluding carboxylic acids is 2. The minimum absolute atomic E-state index is 0.0408. The SMILES string of the molecule is Cc1c(-c2cccc(C(F)F)c2)c(=O)c(C(=O)NCc2ccc(CN3CCCC3=O)cc2)cn1C(C)C. The Balaban J connectivity index is 1.56. The first kappa shape index (κ1) is 26.3. The highest BCUT2D eigenvalue weighted by atomic mass is 19.3. The molecule has 1 aliphatic heterocycles. The number of likely N-dealkylation sites (tertiary alicyclic amines) is 1. The lowest BCUT2D eigenvalue weighted by atomic mass is 9.98. The quantitative estimate of drug-likeness (QED) is 0.444. The second-order valence-electron chi connectivity index (χ2n) is 9.68. The molecule has 2 heterocycles. The van der Waals surface area contributed by atoms with Crippen molar-refractivity contribution in [3.05, 3.63) is 92.9 Å². The van der Waals surface area contributed by atoms with Gasteiger partial charge in [-0.25, -0.2) is 8.78 Å². The first-order valence-electron chi connectivity index (χ1n) is 12.4. The van der Waals surface area contributed by atoms with Crippen LogP contribution in [0.1, 0.15) is 71.9 Å². The second-order valence-corrected chi connectivity index (χ2v) is 9.68. The van der Waals surface area contributed by atoms with Crippen LogP contribution in [0, 0.1) is 6.92 Å². The van der Waals surface area contributed by atoms with E-state index in [-0.39, 0.29) is 35.2 Å². The summed E-state index contributed by atoms with van der Waals surface area (Å²) in [6, 6.07) is 13.3. The van der Waals surface area contributed by atoms with Crippen LogP contribution in [-0.2, 0) is 17.9 Å². The van der Waals surface area contributed by atoms with Crippen LogP contribution in [0.15, 0.2) is 59.5 Å². The average molecular weight is 508 g/mol. The molecule has 8 heteroatoms. The Kier molecular flexibility index (Phi) is 7.86. The van der Waals surface area contributed by atoms with Gasteiger partial charge in [-0.3, -0.25) is 14.4 Å². The van der Waals surface area contributed by atoms with Crippen molar-refractivity contribution in [3.63, 3.8) is 0 Å². The van der Waals surface area contributed by atoms with E-state index in [1.54, 1.807) is 13.0 Å². The summed E-state index contributed by atoms with van der Waals surface area (Å²) >= 11 is 0. The maximum absolute atomic E-state index is 13.4. The summed E-state index contributed by atoms with van der Waals surface area (Å²) in [7, 11) is 0. The molecule has 2 aromatic carbocycles. The molecule has 6 nitrogen and oxygen atoms in total. The van der Waals surface area contributed by atoms with Crippen molar-refractivity contribution in [2.75, 3.05) is 6.54 Å². The maximum Gasteiger partial charge on any atom is 0.263 e. The van der Waals surface area contributed by atoms with Gasteiger partial charge in [-0.15, -0.1) is 0 Å². The molecular weight excluding hydrogens is 476 g/mol. The zero-order valence-corrected chi connectivity index (χ0v) is 21.3. The first-order valence-corrected chi connectivity index (χ1v) is 12.4. The second kappa shape index (κ2) is 11.1. The number of nitrogens with zero attached hydrogens (tertiary/aromatic N) is 2. The van der Waals surface area contributed by atoms with Gasteiger partial charge in [0.05, 0.1) is 0 Å². The van der Waals surface area contributed by atoms with Gasteiger partial charge in [-0.2, -0.15) is 0 Å². The molecule has 0 aliphatic carbocycles. The summed E-state index contributed by atoms with van der Waals surface area (Å²) in [5.41, 5.74) is 2.35. The monoisotopic (exact) mass is 507 g/mol. The fourth-order valence-electron chi connectivity index (χ4n) is 4.72. The molecule has 2 amide bonds. The number of amides is 2. The molecule has 1 aliphatic rings. The molecule has 1 N–H and O–H groups in total. The third-order valence-corrected chi connectivity index (χ3v) is 6.74. The van der Waals surface area contributed by atoms with E-state index < -0.39 is 17.8 Å². The molecule has 0 spiro atoms. The molecule has 0 saturated carbocycles. The molecule has 0 atom stereocenters. The van der Waals surface area contributed by atoms with Crippen LogP contribution in [0.2, 0.25) is 0 Å². The van der Waals surface area contributed by atoms with Crippen LogP contribution >= 0.6 is 0 Å². The largest absolute Gasteiger partial charge is 0.348 e. The van der Waals surface area contributed by atoms with E-state index in [9.17, 15) is 23.2 Å². The molecule has 3 aromatic rings. The van der Waals surface area contributed by atoms with Gasteiger partial charge in [0.1, 0.15) is 5.56 Å². The number of rotatable bonds is 8. The molecule has 0 unspecified atom stereocenters. The van der Waals surface area contributed by atoms with Gasteiger partial charge in [0.15, 0.2) is 0 Å². The maximum atomic E-state index is 13.4. The summed E-state index contributed by atoms with van der Waals surface area (Å²) in [4.78, 5) is 40.3. The number of hydrogen-bond acceptors (Lipinski definition) is 3. The lowest BCUT2D eigenvalue weighted by molar-refractivity contribution is -0.128. The van der Waals surface area contributed by atoms with Crippen LogP contribution in [0.4, 0.5) is 8.78 Å².